The van der Waals surface area contributed by atoms with Crippen LogP contribution in [0.4, 0.5) is 4.39 Å². The molecule has 0 aliphatic carbocycles. The van der Waals surface area contributed by atoms with Crippen LogP contribution < -0.4 is 4.74 Å². The molecule has 94 valence electrons. The van der Waals surface area contributed by atoms with Gasteiger partial charge in [0.25, 0.3) is 0 Å². The van der Waals surface area contributed by atoms with E-state index in [0.717, 1.165) is 10.0 Å². The second kappa shape index (κ2) is 5.46. The van der Waals surface area contributed by atoms with E-state index in [9.17, 15) is 4.39 Å². The highest BCUT2D eigenvalue weighted by Crippen LogP contribution is 2.28. The Morgan fingerprint density at radius 1 is 1.39 bits per heavy atom. The molecule has 18 heavy (non-hydrogen) atoms. The molecule has 0 aliphatic rings. The lowest BCUT2D eigenvalue weighted by Crippen LogP contribution is -1.95. The van der Waals surface area contributed by atoms with Gasteiger partial charge in [0.2, 0.25) is 5.88 Å². The van der Waals surface area contributed by atoms with Crippen molar-refractivity contribution in [1.82, 2.24) is 4.98 Å². The van der Waals surface area contributed by atoms with E-state index in [1.807, 2.05) is 0 Å². The zero-order chi connectivity index (χ0) is 13.1. The SMILES string of the molecule is Cc1cc(CO)cnc1Oc1cc(Br)ccc1F. The third-order valence-corrected chi connectivity index (χ3v) is 2.86. The van der Waals surface area contributed by atoms with Crippen molar-refractivity contribution in [2.45, 2.75) is 13.5 Å². The minimum atomic E-state index is -0.453. The molecule has 0 fully saturated rings. The third kappa shape index (κ3) is 2.86. The Morgan fingerprint density at radius 3 is 2.83 bits per heavy atom. The molecule has 1 N–H and O–H groups in total. The van der Waals surface area contributed by atoms with E-state index >= 15 is 0 Å². The first-order valence-electron chi connectivity index (χ1n) is 5.29. The first kappa shape index (κ1) is 13.0. The van der Waals surface area contributed by atoms with Crippen molar-refractivity contribution in [3.63, 3.8) is 0 Å². The monoisotopic (exact) mass is 311 g/mol. The van der Waals surface area contributed by atoms with Gasteiger partial charge in [-0.25, -0.2) is 9.37 Å². The number of hydrogen-bond donors (Lipinski definition) is 1. The fraction of sp³-hybridized carbons (Fsp3) is 0.154. The predicted molar refractivity (Wildman–Crippen MR) is 69.1 cm³/mol. The van der Waals surface area contributed by atoms with Gasteiger partial charge in [-0.05, 0) is 36.8 Å². The smallest absolute Gasteiger partial charge is 0.222 e. The zero-order valence-electron chi connectivity index (χ0n) is 9.65. The Balaban J connectivity index is 2.31. The summed E-state index contributed by atoms with van der Waals surface area (Å²) in [6.07, 6.45) is 1.50. The van der Waals surface area contributed by atoms with Crippen molar-refractivity contribution >= 4 is 15.9 Å². The van der Waals surface area contributed by atoms with E-state index in [2.05, 4.69) is 20.9 Å². The lowest BCUT2D eigenvalue weighted by Gasteiger charge is -2.09. The number of hydrogen-bond acceptors (Lipinski definition) is 3. The number of aryl methyl sites for hydroxylation is 1. The van der Waals surface area contributed by atoms with Crippen LogP contribution in [-0.4, -0.2) is 10.1 Å². The summed E-state index contributed by atoms with van der Waals surface area (Å²) in [5, 5.41) is 8.98. The second-order valence-corrected chi connectivity index (χ2v) is 4.72. The zero-order valence-corrected chi connectivity index (χ0v) is 11.2. The van der Waals surface area contributed by atoms with E-state index < -0.39 is 5.82 Å². The molecule has 5 heteroatoms. The standard InChI is InChI=1S/C13H11BrFNO2/c1-8-4-9(7-17)6-16-13(8)18-12-5-10(14)2-3-11(12)15/h2-6,17H,7H2,1H3. The summed E-state index contributed by atoms with van der Waals surface area (Å²) in [6.45, 7) is 1.71. The van der Waals surface area contributed by atoms with Gasteiger partial charge in [0.05, 0.1) is 6.61 Å². The fourth-order valence-electron chi connectivity index (χ4n) is 1.47. The maximum atomic E-state index is 13.5. The summed E-state index contributed by atoms with van der Waals surface area (Å²) in [5.74, 6) is -0.0217. The maximum absolute atomic E-state index is 13.5. The number of rotatable bonds is 3. The number of nitrogens with zero attached hydrogens (tertiary/aromatic N) is 1. The number of ether oxygens (including phenoxy) is 1. The lowest BCUT2D eigenvalue weighted by molar-refractivity contribution is 0.281. The highest BCUT2D eigenvalue weighted by Gasteiger charge is 2.09. The van der Waals surface area contributed by atoms with Gasteiger partial charge in [0.15, 0.2) is 11.6 Å². The molecule has 0 atom stereocenters. The summed E-state index contributed by atoms with van der Waals surface area (Å²) in [5.41, 5.74) is 1.43. The minimum absolute atomic E-state index is 0.0840. The summed E-state index contributed by atoms with van der Waals surface area (Å²) < 4.78 is 19.7. The van der Waals surface area contributed by atoms with E-state index in [0.29, 0.717) is 11.4 Å². The van der Waals surface area contributed by atoms with Gasteiger partial charge in [0.1, 0.15) is 0 Å². The van der Waals surface area contributed by atoms with Gasteiger partial charge in [0, 0.05) is 16.2 Å². The Bertz CT molecular complexity index is 575. The van der Waals surface area contributed by atoms with Crippen molar-refractivity contribution in [3.05, 3.63) is 51.9 Å². The van der Waals surface area contributed by atoms with Crippen molar-refractivity contribution in [1.29, 1.82) is 0 Å². The van der Waals surface area contributed by atoms with Crippen molar-refractivity contribution in [2.75, 3.05) is 0 Å². The third-order valence-electron chi connectivity index (χ3n) is 2.37. The Labute approximate surface area is 112 Å². The topological polar surface area (TPSA) is 42.4 Å². The van der Waals surface area contributed by atoms with Crippen LogP contribution >= 0.6 is 15.9 Å². The van der Waals surface area contributed by atoms with Gasteiger partial charge in [-0.15, -0.1) is 0 Å². The molecule has 0 unspecified atom stereocenters. The first-order valence-corrected chi connectivity index (χ1v) is 6.08. The predicted octanol–water partition coefficient (Wildman–Crippen LogP) is 3.58. The molecule has 2 aromatic rings. The highest BCUT2D eigenvalue weighted by atomic mass is 79.9. The molecule has 0 radical (unpaired) electrons. The number of aliphatic hydroxyl groups is 1. The van der Waals surface area contributed by atoms with Crippen molar-refractivity contribution < 1.29 is 14.2 Å². The van der Waals surface area contributed by atoms with Crippen LogP contribution in [0, 0.1) is 12.7 Å². The van der Waals surface area contributed by atoms with E-state index in [4.69, 9.17) is 9.84 Å². The van der Waals surface area contributed by atoms with E-state index in [-0.39, 0.29) is 12.4 Å². The molecule has 0 amide bonds. The minimum Gasteiger partial charge on any atom is -0.436 e. The van der Waals surface area contributed by atoms with Crippen LogP contribution in [0.2, 0.25) is 0 Å². The highest BCUT2D eigenvalue weighted by molar-refractivity contribution is 9.10. The first-order chi connectivity index (χ1) is 8.60. The Hall–Kier alpha value is -1.46. The Kier molecular flexibility index (Phi) is 3.93. The molecular formula is C13H11BrFNO2. The Morgan fingerprint density at radius 2 is 2.17 bits per heavy atom. The van der Waals surface area contributed by atoms with Crippen LogP contribution in [0.1, 0.15) is 11.1 Å². The van der Waals surface area contributed by atoms with Crippen LogP contribution in [0.25, 0.3) is 0 Å². The number of aromatic nitrogens is 1. The molecule has 1 aromatic carbocycles. The average molecular weight is 312 g/mol. The van der Waals surface area contributed by atoms with Gasteiger partial charge in [-0.2, -0.15) is 0 Å². The van der Waals surface area contributed by atoms with Crippen LogP contribution in [0.5, 0.6) is 11.6 Å². The molecule has 1 aromatic heterocycles. The summed E-state index contributed by atoms with van der Waals surface area (Å²) in [7, 11) is 0. The van der Waals surface area contributed by atoms with Crippen LogP contribution in [0.15, 0.2) is 34.9 Å². The molecule has 0 saturated heterocycles. The quantitative estimate of drug-likeness (QED) is 0.942. The molecule has 0 saturated carbocycles. The lowest BCUT2D eigenvalue weighted by atomic mass is 10.2. The number of benzene rings is 1. The second-order valence-electron chi connectivity index (χ2n) is 3.80. The molecule has 2 rings (SSSR count). The van der Waals surface area contributed by atoms with E-state index in [1.165, 1.54) is 18.3 Å². The molecule has 3 nitrogen and oxygen atoms in total. The molecule has 0 aliphatic heterocycles. The van der Waals surface area contributed by atoms with E-state index in [1.54, 1.807) is 19.1 Å². The van der Waals surface area contributed by atoms with Crippen molar-refractivity contribution in [3.8, 4) is 11.6 Å². The van der Waals surface area contributed by atoms with Crippen LogP contribution in [0.3, 0.4) is 0 Å². The van der Waals surface area contributed by atoms with Crippen LogP contribution in [-0.2, 0) is 6.61 Å². The molecule has 0 spiro atoms. The van der Waals surface area contributed by atoms with Gasteiger partial charge < -0.3 is 9.84 Å². The summed E-state index contributed by atoms with van der Waals surface area (Å²) in [6, 6.07) is 6.20. The van der Waals surface area contributed by atoms with Gasteiger partial charge >= 0.3 is 0 Å². The normalized spacial score (nSPS) is 10.4. The summed E-state index contributed by atoms with van der Waals surface area (Å²) in [4.78, 5) is 4.05. The number of aliphatic hydroxyl groups excluding tert-OH is 1. The van der Waals surface area contributed by atoms with Crippen molar-refractivity contribution in [2.24, 2.45) is 0 Å². The van der Waals surface area contributed by atoms with Gasteiger partial charge in [-0.3, -0.25) is 0 Å². The largest absolute Gasteiger partial charge is 0.436 e. The summed E-state index contributed by atoms with van der Waals surface area (Å²) >= 11 is 3.25. The van der Waals surface area contributed by atoms with Gasteiger partial charge in [-0.1, -0.05) is 15.9 Å². The number of halogens is 2. The molecular weight excluding hydrogens is 301 g/mol. The fourth-order valence-corrected chi connectivity index (χ4v) is 1.81. The average Bonchev–Trinajstić information content (AvgIpc) is 2.36. The number of pyridine rings is 1. The molecule has 0 bridgehead atoms. The maximum Gasteiger partial charge on any atom is 0.222 e. The molecule has 1 heterocycles.